The maximum atomic E-state index is 17.7. The first kappa shape index (κ1) is 45.4. The van der Waals surface area contributed by atoms with Crippen molar-refractivity contribution >= 4 is 19.5 Å². The lowest BCUT2D eigenvalue weighted by Crippen LogP contribution is -2.42. The molecule has 0 saturated heterocycles. The monoisotopic (exact) mass is 914 g/mol. The lowest BCUT2D eigenvalue weighted by atomic mass is 9.62. The van der Waals surface area contributed by atoms with E-state index < -0.39 is 59.6 Å². The van der Waals surface area contributed by atoms with Crippen molar-refractivity contribution in [3.8, 4) is 11.4 Å². The molecule has 0 bridgehead atoms. The van der Waals surface area contributed by atoms with Crippen LogP contribution in [0, 0.1) is 13.8 Å². The van der Waals surface area contributed by atoms with Crippen molar-refractivity contribution in [1.29, 1.82) is 0 Å². The second-order valence-electron chi connectivity index (χ2n) is 18.2. The van der Waals surface area contributed by atoms with Crippen LogP contribution in [0.2, 0.25) is 0 Å². The zero-order valence-electron chi connectivity index (χ0n) is 36.4. The molecule has 2 aromatic heterocycles. The van der Waals surface area contributed by atoms with Crippen molar-refractivity contribution in [1.82, 2.24) is 19.2 Å². The molecule has 64 heavy (non-hydrogen) atoms. The largest absolute Gasteiger partial charge is 0.524 e. The minimum atomic E-state index is -5.08. The van der Waals surface area contributed by atoms with E-state index in [2.05, 4.69) is 0 Å². The van der Waals surface area contributed by atoms with Gasteiger partial charge in [-0.2, -0.15) is 31.4 Å². The average Bonchev–Trinajstić information content (AvgIpc) is 3.84. The van der Waals surface area contributed by atoms with Crippen LogP contribution >= 0.6 is 7.82 Å². The smallest absolute Gasteiger partial charge is 0.438 e. The van der Waals surface area contributed by atoms with Gasteiger partial charge in [-0.15, -0.1) is 0 Å². The van der Waals surface area contributed by atoms with Crippen LogP contribution in [0.15, 0.2) is 66.9 Å². The molecular formula is C46H46F7N4O6P. The number of hydrogen-bond acceptors (Lipinski definition) is 6. The van der Waals surface area contributed by atoms with Gasteiger partial charge in [0.15, 0.2) is 5.67 Å². The summed E-state index contributed by atoms with van der Waals surface area (Å²) in [5.74, 6) is -0.201. The highest BCUT2D eigenvalue weighted by Crippen LogP contribution is 2.60. The summed E-state index contributed by atoms with van der Waals surface area (Å²) in [5.41, 5.74) is -3.20. The number of benzene rings is 3. The summed E-state index contributed by atoms with van der Waals surface area (Å²) < 4.78 is 128. The first-order valence-corrected chi connectivity index (χ1v) is 22.0. The maximum Gasteiger partial charge on any atom is 0.524 e. The summed E-state index contributed by atoms with van der Waals surface area (Å²) in [7, 11) is -5.06. The molecule has 8 rings (SSSR count). The van der Waals surface area contributed by atoms with Gasteiger partial charge in [0.05, 0.1) is 44.8 Å². The maximum absolute atomic E-state index is 17.7. The molecule has 3 aliphatic rings. The van der Waals surface area contributed by atoms with E-state index in [9.17, 15) is 45.5 Å². The first-order chi connectivity index (χ1) is 29.4. The summed E-state index contributed by atoms with van der Waals surface area (Å²) in [5, 5.41) is 5.18. The summed E-state index contributed by atoms with van der Waals surface area (Å²) in [6.07, 6.45) is -7.67. The minimum Gasteiger partial charge on any atom is -0.438 e. The first-order valence-electron chi connectivity index (χ1n) is 20.4. The fourth-order valence-corrected chi connectivity index (χ4v) is 10.6. The van der Waals surface area contributed by atoms with Crippen LogP contribution in [0.5, 0.6) is 5.75 Å². The van der Waals surface area contributed by atoms with E-state index in [1.165, 1.54) is 39.1 Å². The van der Waals surface area contributed by atoms with Crippen LogP contribution in [-0.2, 0) is 63.4 Å². The number of nitrogens with zero attached hydrogens (tertiary/aromatic N) is 4. The van der Waals surface area contributed by atoms with Crippen molar-refractivity contribution in [2.45, 2.75) is 116 Å². The van der Waals surface area contributed by atoms with Crippen molar-refractivity contribution < 1.29 is 59.1 Å². The van der Waals surface area contributed by atoms with E-state index in [0.717, 1.165) is 16.2 Å². The minimum absolute atomic E-state index is 0.0244. The Balaban J connectivity index is 1.27. The van der Waals surface area contributed by atoms with Gasteiger partial charge in [-0.05, 0) is 126 Å². The van der Waals surface area contributed by atoms with Gasteiger partial charge in [-0.25, -0.2) is 18.4 Å². The highest BCUT2D eigenvalue weighted by atomic mass is 31.2. The highest BCUT2D eigenvalue weighted by Gasteiger charge is 2.56. The topological polar surface area (TPSA) is 119 Å². The third kappa shape index (κ3) is 7.10. The number of allylic oxidation sites excluding steroid dienone is 2. The third-order valence-electron chi connectivity index (χ3n) is 12.9. The van der Waals surface area contributed by atoms with Gasteiger partial charge in [0.25, 0.3) is 0 Å². The molecule has 5 aromatic rings. The highest BCUT2D eigenvalue weighted by molar-refractivity contribution is 7.46. The lowest BCUT2D eigenvalue weighted by molar-refractivity contribution is -0.143. The second kappa shape index (κ2) is 14.4. The number of hydrogen-bond donors (Lipinski definition) is 2. The molecule has 4 heterocycles. The number of para-hydroxylation sites is 1. The number of carbonyl (C=O) groups is 1. The number of aryl methyl sites for hydroxylation is 3. The second-order valence-corrected chi connectivity index (χ2v) is 19.3. The molecule has 1 aliphatic carbocycles. The van der Waals surface area contributed by atoms with Crippen LogP contribution in [0.3, 0.4) is 0 Å². The summed E-state index contributed by atoms with van der Waals surface area (Å²) in [4.78, 5) is 35.6. The van der Waals surface area contributed by atoms with E-state index in [1.807, 2.05) is 32.0 Å². The van der Waals surface area contributed by atoms with Gasteiger partial charge in [-0.3, -0.25) is 19.3 Å². The van der Waals surface area contributed by atoms with Gasteiger partial charge >= 0.3 is 26.3 Å². The molecule has 2 unspecified atom stereocenters. The summed E-state index contributed by atoms with van der Waals surface area (Å²) in [6, 6.07) is 12.1. The molecule has 2 aliphatic heterocycles. The van der Waals surface area contributed by atoms with Crippen LogP contribution in [0.25, 0.3) is 11.3 Å². The van der Waals surface area contributed by atoms with Gasteiger partial charge < -0.3 is 9.26 Å². The van der Waals surface area contributed by atoms with E-state index >= 15 is 4.39 Å². The molecule has 18 heteroatoms. The quantitative estimate of drug-likeness (QED) is 0.122. The number of rotatable bonds is 7. The fraction of sp³-hybridized carbons (Fsp3) is 0.391. The summed E-state index contributed by atoms with van der Waals surface area (Å²) >= 11 is 0. The van der Waals surface area contributed by atoms with Crippen LogP contribution in [-0.4, -0.2) is 35.1 Å². The Morgan fingerprint density at radius 3 is 2.23 bits per heavy atom. The Kier molecular flexibility index (Phi) is 10.2. The number of alkyl halides is 7. The van der Waals surface area contributed by atoms with Gasteiger partial charge in [-0.1, -0.05) is 37.3 Å². The molecule has 0 amide bonds. The fourth-order valence-electron chi connectivity index (χ4n) is 10.2. The van der Waals surface area contributed by atoms with Crippen molar-refractivity contribution in [2.75, 3.05) is 0 Å². The molecule has 340 valence electrons. The number of aromatic nitrogens is 3. The predicted octanol–water partition coefficient (Wildman–Crippen LogP) is 11.4. The number of ether oxygens (including phenoxy) is 1. The van der Waals surface area contributed by atoms with Crippen molar-refractivity contribution in [3.63, 3.8) is 0 Å². The lowest BCUT2D eigenvalue weighted by Gasteiger charge is -2.45. The molecule has 0 fully saturated rings. The number of halogens is 7. The van der Waals surface area contributed by atoms with Crippen LogP contribution in [0.4, 0.5) is 35.5 Å². The van der Waals surface area contributed by atoms with Crippen LogP contribution in [0.1, 0.15) is 121 Å². The zero-order valence-corrected chi connectivity index (χ0v) is 37.3. The van der Waals surface area contributed by atoms with E-state index in [-0.39, 0.29) is 41.7 Å². The Labute approximate surface area is 364 Å². The summed E-state index contributed by atoms with van der Waals surface area (Å²) in [6.45, 7) is 14.8. The van der Waals surface area contributed by atoms with Gasteiger partial charge in [0.1, 0.15) is 11.4 Å². The molecule has 0 spiro atoms. The standard InChI is InChI=1S/C46H46F7N4O6P/c1-10-26-12-11-13-29-33-21-43(8,47)39-31(16-17-56(39)40(58)62-42(6,7)35-25(3)18-24(2)19-34(35)63-64(59,60)61)44(33,9)38-30-23-55(41(4,5)37(30)54-57(38)36(26)29)22-27-14-15-28(45(48,49)50)20-32(27)46(51,52)53/h11-21H,10,22-23H2,1-9H3,(H2,59,60,61). The molecule has 10 nitrogen and oxygen atoms in total. The van der Waals surface area contributed by atoms with Gasteiger partial charge in [0.2, 0.25) is 0 Å². The van der Waals surface area contributed by atoms with E-state index in [0.29, 0.717) is 63.0 Å². The number of fused-ring (bicyclic) bond motifs is 10. The van der Waals surface area contributed by atoms with Crippen molar-refractivity contribution in [2.24, 2.45) is 0 Å². The molecule has 2 N–H and O–H groups in total. The Morgan fingerprint density at radius 1 is 0.922 bits per heavy atom. The van der Waals surface area contributed by atoms with Crippen LogP contribution < -0.4 is 4.52 Å². The Morgan fingerprint density at radius 2 is 1.61 bits per heavy atom. The SMILES string of the molecule is CCc1cccc2c1-n1nc3c(c1C1(C)C2=CC(C)(F)c2c1ccn2C(=O)OC(C)(C)c1c(C)cc(C)cc1OP(=O)(O)O)CN(Cc1ccc(C(F)(F)F)cc1C(F)(F)F)C3(C)C. The number of phosphoric acid groups is 1. The molecular weight excluding hydrogens is 868 g/mol. The predicted molar refractivity (Wildman–Crippen MR) is 222 cm³/mol. The third-order valence-corrected chi connectivity index (χ3v) is 13.4. The number of phosphoric ester groups is 1. The Hall–Kier alpha value is -5.22. The molecule has 2 atom stereocenters. The van der Waals surface area contributed by atoms with Gasteiger partial charge in [0, 0.05) is 36.0 Å². The number of carbonyl (C=O) groups excluding carboxylic acids is 1. The molecule has 3 aromatic carbocycles. The Bertz CT molecular complexity index is 2870. The zero-order chi connectivity index (χ0) is 47.1. The van der Waals surface area contributed by atoms with E-state index in [4.69, 9.17) is 14.4 Å². The van der Waals surface area contributed by atoms with Crippen molar-refractivity contribution in [3.05, 3.63) is 140 Å². The molecule has 0 radical (unpaired) electrons. The average molecular weight is 915 g/mol. The normalized spacial score (nSPS) is 20.5. The van der Waals surface area contributed by atoms with E-state index in [1.54, 1.807) is 49.4 Å². The molecule has 0 saturated carbocycles.